The van der Waals surface area contributed by atoms with E-state index in [1.807, 2.05) is 13.8 Å². The van der Waals surface area contributed by atoms with E-state index < -0.39 is 12.7 Å². The van der Waals surface area contributed by atoms with Crippen LogP contribution >= 0.6 is 0 Å². The number of rotatable bonds is 6. The number of aryl methyl sites for hydroxylation is 1. The van der Waals surface area contributed by atoms with E-state index in [1.54, 1.807) is 18.7 Å². The summed E-state index contributed by atoms with van der Waals surface area (Å²) in [6.45, 7) is 5.95. The second kappa shape index (κ2) is 6.98. The van der Waals surface area contributed by atoms with Crippen molar-refractivity contribution in [2.75, 3.05) is 6.54 Å². The summed E-state index contributed by atoms with van der Waals surface area (Å²) in [6.07, 6.45) is -0.628. The molecule has 0 aliphatic heterocycles. The number of aliphatic hydroxyl groups is 1. The minimum atomic E-state index is -2.72. The van der Waals surface area contributed by atoms with Crippen LogP contribution in [0, 0.1) is 13.8 Å². The second-order valence-corrected chi connectivity index (χ2v) is 5.54. The van der Waals surface area contributed by atoms with E-state index in [4.69, 9.17) is 0 Å². The molecule has 0 aliphatic rings. The number of alkyl halides is 2. The lowest BCUT2D eigenvalue weighted by Crippen LogP contribution is -2.42. The van der Waals surface area contributed by atoms with Crippen LogP contribution < -0.4 is 0 Å². The molecule has 5 nitrogen and oxygen atoms in total. The molecule has 1 rings (SSSR count). The molecule has 0 saturated carbocycles. The third-order valence-corrected chi connectivity index (χ3v) is 3.39. The molecule has 0 bridgehead atoms. The summed E-state index contributed by atoms with van der Waals surface area (Å²) in [5, 5.41) is 13.2. The van der Waals surface area contributed by atoms with Crippen LogP contribution in [-0.4, -0.2) is 44.4 Å². The summed E-state index contributed by atoms with van der Waals surface area (Å²) in [5.41, 5.74) is 1.26. The molecule has 1 atom stereocenters. The highest BCUT2D eigenvalue weighted by Gasteiger charge is 2.23. The zero-order valence-electron chi connectivity index (χ0n) is 13.1. The lowest BCUT2D eigenvalue weighted by molar-refractivity contribution is -0.133. The summed E-state index contributed by atoms with van der Waals surface area (Å²) in [5.74, 6) is -0.203. The van der Waals surface area contributed by atoms with Gasteiger partial charge in [-0.1, -0.05) is 0 Å². The van der Waals surface area contributed by atoms with Crippen molar-refractivity contribution < 1.29 is 18.7 Å². The average Bonchev–Trinajstić information content (AvgIpc) is 2.63. The van der Waals surface area contributed by atoms with Crippen molar-refractivity contribution in [3.05, 3.63) is 17.0 Å². The minimum Gasteiger partial charge on any atom is -0.392 e. The zero-order valence-corrected chi connectivity index (χ0v) is 13.1. The van der Waals surface area contributed by atoms with Crippen molar-refractivity contribution in [2.45, 2.75) is 59.7 Å². The lowest BCUT2D eigenvalue weighted by atomic mass is 10.1. The molecule has 1 amide bonds. The molecule has 1 N–H and O–H groups in total. The zero-order chi connectivity index (χ0) is 16.3. The Bertz CT molecular complexity index is 499. The highest BCUT2D eigenvalue weighted by molar-refractivity contribution is 5.79. The maximum atomic E-state index is 12.8. The molecule has 0 fully saturated rings. The van der Waals surface area contributed by atoms with E-state index in [9.17, 15) is 18.7 Å². The average molecular weight is 303 g/mol. The number of aromatic nitrogens is 2. The van der Waals surface area contributed by atoms with E-state index in [0.29, 0.717) is 21.6 Å². The molecule has 1 aromatic rings. The fourth-order valence-electron chi connectivity index (χ4n) is 2.28. The van der Waals surface area contributed by atoms with Gasteiger partial charge < -0.3 is 10.0 Å². The molecular weight excluding hydrogens is 280 g/mol. The Hall–Kier alpha value is -1.50. The first-order valence-corrected chi connectivity index (χ1v) is 6.95. The van der Waals surface area contributed by atoms with Crippen molar-refractivity contribution in [3.8, 4) is 0 Å². The Kier molecular flexibility index (Phi) is 5.83. The van der Waals surface area contributed by atoms with Gasteiger partial charge in [0.1, 0.15) is 0 Å². The molecule has 21 heavy (non-hydrogen) atoms. The summed E-state index contributed by atoms with van der Waals surface area (Å²) in [4.78, 5) is 13.9. The van der Waals surface area contributed by atoms with Gasteiger partial charge in [0.25, 0.3) is 0 Å². The van der Waals surface area contributed by atoms with Crippen LogP contribution in [0.1, 0.15) is 44.3 Å². The third-order valence-electron chi connectivity index (χ3n) is 3.39. The molecule has 0 aliphatic carbocycles. The summed E-state index contributed by atoms with van der Waals surface area (Å²) >= 11 is 0. The van der Waals surface area contributed by atoms with Crippen LogP contribution in [0.25, 0.3) is 0 Å². The van der Waals surface area contributed by atoms with Crippen molar-refractivity contribution >= 4 is 5.91 Å². The summed E-state index contributed by atoms with van der Waals surface area (Å²) < 4.78 is 26.2. The van der Waals surface area contributed by atoms with Gasteiger partial charge in [0, 0.05) is 23.8 Å². The van der Waals surface area contributed by atoms with E-state index in [0.717, 1.165) is 0 Å². The first-order valence-electron chi connectivity index (χ1n) is 6.95. The Morgan fingerprint density at radius 2 is 1.90 bits per heavy atom. The lowest BCUT2D eigenvalue weighted by Gasteiger charge is -2.28. The van der Waals surface area contributed by atoms with E-state index in [1.165, 1.54) is 6.92 Å². The predicted octanol–water partition coefficient (Wildman–Crippen LogP) is 2.06. The second-order valence-electron chi connectivity index (χ2n) is 5.54. The minimum absolute atomic E-state index is 0.00921. The van der Waals surface area contributed by atoms with Gasteiger partial charge in [-0.05, 0) is 34.6 Å². The highest BCUT2D eigenvalue weighted by atomic mass is 19.3. The highest BCUT2D eigenvalue weighted by Crippen LogP contribution is 2.20. The van der Waals surface area contributed by atoms with Gasteiger partial charge in [-0.2, -0.15) is 13.9 Å². The molecule has 1 unspecified atom stereocenters. The molecule has 0 saturated heterocycles. The van der Waals surface area contributed by atoms with Gasteiger partial charge in [-0.25, -0.2) is 4.68 Å². The van der Waals surface area contributed by atoms with Gasteiger partial charge in [-0.3, -0.25) is 4.79 Å². The number of aliphatic hydroxyl groups excluding tert-OH is 1. The molecule has 0 aromatic carbocycles. The Morgan fingerprint density at radius 1 is 1.33 bits per heavy atom. The van der Waals surface area contributed by atoms with E-state index >= 15 is 0 Å². The molecule has 0 radical (unpaired) electrons. The predicted molar refractivity (Wildman–Crippen MR) is 75.2 cm³/mol. The molecule has 120 valence electrons. The van der Waals surface area contributed by atoms with E-state index in [2.05, 4.69) is 5.10 Å². The third kappa shape index (κ3) is 4.23. The maximum absolute atomic E-state index is 12.8. The Balaban J connectivity index is 2.96. The molecular formula is C14H23F2N3O2. The summed E-state index contributed by atoms with van der Waals surface area (Å²) in [6, 6.07) is -0.0714. The van der Waals surface area contributed by atoms with Crippen LogP contribution in [-0.2, 0) is 11.2 Å². The first-order chi connectivity index (χ1) is 9.65. The number of hydrogen-bond acceptors (Lipinski definition) is 3. The van der Waals surface area contributed by atoms with Crippen LogP contribution in [0.2, 0.25) is 0 Å². The van der Waals surface area contributed by atoms with Crippen molar-refractivity contribution in [1.29, 1.82) is 0 Å². The fraction of sp³-hybridized carbons (Fsp3) is 0.714. The number of carbonyl (C=O) groups excluding carboxylic acids is 1. The number of hydrogen-bond donors (Lipinski definition) is 1. The smallest absolute Gasteiger partial charge is 0.333 e. The topological polar surface area (TPSA) is 58.4 Å². The van der Waals surface area contributed by atoms with Crippen LogP contribution in [0.15, 0.2) is 0 Å². The molecule has 0 spiro atoms. The van der Waals surface area contributed by atoms with Gasteiger partial charge in [0.2, 0.25) is 5.91 Å². The van der Waals surface area contributed by atoms with Crippen molar-refractivity contribution in [2.24, 2.45) is 0 Å². The standard InChI is InChI=1S/C14H23F2N3O2/c1-8(2)18(7-9(3)20)13(21)6-12-10(4)17-19(11(12)5)14(15)16/h8-9,14,20H,6-7H2,1-5H3. The Labute approximate surface area is 123 Å². The number of carbonyl (C=O) groups is 1. The van der Waals surface area contributed by atoms with E-state index in [-0.39, 0.29) is 24.9 Å². The van der Waals surface area contributed by atoms with Crippen LogP contribution in [0.5, 0.6) is 0 Å². The number of nitrogens with zero attached hydrogens (tertiary/aromatic N) is 3. The Morgan fingerprint density at radius 3 is 2.29 bits per heavy atom. The quantitative estimate of drug-likeness (QED) is 0.875. The van der Waals surface area contributed by atoms with Gasteiger partial charge in [0.15, 0.2) is 0 Å². The van der Waals surface area contributed by atoms with Gasteiger partial charge >= 0.3 is 6.55 Å². The number of halogens is 2. The number of amides is 1. The van der Waals surface area contributed by atoms with Gasteiger partial charge in [-0.15, -0.1) is 0 Å². The fourth-order valence-corrected chi connectivity index (χ4v) is 2.28. The monoisotopic (exact) mass is 303 g/mol. The molecule has 1 heterocycles. The molecule has 7 heteroatoms. The van der Waals surface area contributed by atoms with Crippen LogP contribution in [0.4, 0.5) is 8.78 Å². The SMILES string of the molecule is Cc1nn(C(F)F)c(C)c1CC(=O)N(CC(C)O)C(C)C. The largest absolute Gasteiger partial charge is 0.392 e. The van der Waals surface area contributed by atoms with Gasteiger partial charge in [0.05, 0.1) is 18.2 Å². The first kappa shape index (κ1) is 17.6. The van der Waals surface area contributed by atoms with Crippen LogP contribution in [0.3, 0.4) is 0 Å². The normalized spacial score (nSPS) is 13.0. The molecule has 1 aromatic heterocycles. The van der Waals surface area contributed by atoms with Crippen molar-refractivity contribution in [1.82, 2.24) is 14.7 Å². The summed E-state index contributed by atoms with van der Waals surface area (Å²) in [7, 11) is 0. The van der Waals surface area contributed by atoms with Crippen molar-refractivity contribution in [3.63, 3.8) is 0 Å². The maximum Gasteiger partial charge on any atom is 0.333 e.